The number of benzene rings is 7. The Morgan fingerprint density at radius 2 is 0.725 bits per heavy atom. The number of hydrogen-bond acceptors (Lipinski definition) is 2. The SMILES string of the molecule is C[Si]1(C)c2ccccc2-c2nc(-c3cccc(-c4cccc(-c5ccccc5)c4)c3)nc(-c3cc(-c4ccccc4)cc(-c4ccccc4)c3)c21. The van der Waals surface area contributed by atoms with Gasteiger partial charge in [-0.15, -0.1) is 0 Å². The third-order valence-electron chi connectivity index (χ3n) is 10.2. The molecule has 2 heterocycles. The predicted molar refractivity (Wildman–Crippen MR) is 217 cm³/mol. The Balaban J connectivity index is 1.26. The van der Waals surface area contributed by atoms with Crippen LogP contribution in [0.2, 0.25) is 13.1 Å². The molecule has 0 aliphatic carbocycles. The first kappa shape index (κ1) is 30.9. The molecule has 0 unspecified atom stereocenters. The van der Waals surface area contributed by atoms with Crippen LogP contribution in [0, 0.1) is 0 Å². The zero-order chi connectivity index (χ0) is 34.4. The molecule has 0 fully saturated rings. The van der Waals surface area contributed by atoms with Crippen molar-refractivity contribution < 1.29 is 0 Å². The van der Waals surface area contributed by atoms with Gasteiger partial charge in [0.15, 0.2) is 5.82 Å². The van der Waals surface area contributed by atoms with Crippen LogP contribution in [0.3, 0.4) is 0 Å². The lowest BCUT2D eigenvalue weighted by molar-refractivity contribution is 1.20. The van der Waals surface area contributed by atoms with Crippen molar-refractivity contribution in [2.45, 2.75) is 13.1 Å². The first-order chi connectivity index (χ1) is 25.0. The summed E-state index contributed by atoms with van der Waals surface area (Å²) in [6, 6.07) is 65.2. The minimum atomic E-state index is -2.15. The highest BCUT2D eigenvalue weighted by atomic mass is 28.3. The Morgan fingerprint density at radius 3 is 1.31 bits per heavy atom. The molecule has 3 heteroatoms. The standard InChI is InChI=1S/C48H36N2Si/c1-51(2)44-27-13-12-26-43(44)46-47(51)45(42-31-40(34-18-8-4-9-19-34)30-41(32-42)35-20-10-5-11-21-35)49-48(50-46)39-25-15-24-38(29-39)37-23-14-22-36(28-37)33-16-6-3-7-17-33/h3-32H,1-2H3. The van der Waals surface area contributed by atoms with Gasteiger partial charge in [0, 0.05) is 11.1 Å². The molecule has 0 radical (unpaired) electrons. The summed E-state index contributed by atoms with van der Waals surface area (Å²) in [5.41, 5.74) is 14.9. The first-order valence-electron chi connectivity index (χ1n) is 17.6. The van der Waals surface area contributed by atoms with E-state index in [4.69, 9.17) is 9.97 Å². The summed E-state index contributed by atoms with van der Waals surface area (Å²) in [5.74, 6) is 0.748. The number of aromatic nitrogens is 2. The Kier molecular flexibility index (Phi) is 7.64. The highest BCUT2D eigenvalue weighted by Gasteiger charge is 2.41. The van der Waals surface area contributed by atoms with Gasteiger partial charge >= 0.3 is 0 Å². The van der Waals surface area contributed by atoms with Gasteiger partial charge in [-0.3, -0.25) is 0 Å². The van der Waals surface area contributed by atoms with E-state index in [2.05, 4.69) is 195 Å². The molecule has 0 saturated carbocycles. The molecule has 7 aromatic carbocycles. The van der Waals surface area contributed by atoms with Crippen molar-refractivity contribution in [3.8, 4) is 78.4 Å². The topological polar surface area (TPSA) is 25.8 Å². The van der Waals surface area contributed by atoms with E-state index in [-0.39, 0.29) is 0 Å². The largest absolute Gasteiger partial charge is 0.228 e. The molecule has 242 valence electrons. The Bertz CT molecular complexity index is 2480. The third kappa shape index (κ3) is 5.62. The van der Waals surface area contributed by atoms with E-state index in [1.165, 1.54) is 54.9 Å². The molecule has 2 nitrogen and oxygen atoms in total. The molecule has 1 aliphatic rings. The summed E-state index contributed by atoms with van der Waals surface area (Å²) in [5, 5.41) is 2.73. The zero-order valence-electron chi connectivity index (χ0n) is 28.7. The van der Waals surface area contributed by atoms with Crippen molar-refractivity contribution in [2.75, 3.05) is 0 Å². The Morgan fingerprint density at radius 1 is 0.333 bits per heavy atom. The summed E-state index contributed by atoms with van der Waals surface area (Å²) in [6.07, 6.45) is 0. The highest BCUT2D eigenvalue weighted by molar-refractivity contribution is 7.04. The van der Waals surface area contributed by atoms with Gasteiger partial charge in [-0.25, -0.2) is 9.97 Å². The van der Waals surface area contributed by atoms with E-state index in [1.807, 2.05) is 0 Å². The number of rotatable bonds is 6. The van der Waals surface area contributed by atoms with Gasteiger partial charge < -0.3 is 0 Å². The molecule has 0 spiro atoms. The summed E-state index contributed by atoms with van der Waals surface area (Å²) in [4.78, 5) is 11.0. The van der Waals surface area contributed by atoms with E-state index in [0.717, 1.165) is 33.9 Å². The second-order valence-corrected chi connectivity index (χ2v) is 18.1. The molecule has 1 aromatic heterocycles. The minimum Gasteiger partial charge on any atom is -0.228 e. The van der Waals surface area contributed by atoms with Crippen molar-refractivity contribution >= 4 is 18.4 Å². The molecule has 1 aliphatic heterocycles. The van der Waals surface area contributed by atoms with Crippen LogP contribution in [-0.2, 0) is 0 Å². The third-order valence-corrected chi connectivity index (χ3v) is 13.7. The highest BCUT2D eigenvalue weighted by Crippen LogP contribution is 2.38. The Hall–Kier alpha value is -6.16. The van der Waals surface area contributed by atoms with Crippen molar-refractivity contribution in [2.24, 2.45) is 0 Å². The molecule has 9 rings (SSSR count). The molecular weight excluding hydrogens is 633 g/mol. The molecule has 0 bridgehead atoms. The average molecular weight is 669 g/mol. The quantitative estimate of drug-likeness (QED) is 0.165. The molecule has 0 amide bonds. The maximum Gasteiger partial charge on any atom is 0.160 e. The first-order valence-corrected chi connectivity index (χ1v) is 20.6. The van der Waals surface area contributed by atoms with Crippen molar-refractivity contribution in [3.63, 3.8) is 0 Å². The molecule has 0 saturated heterocycles. The second kappa shape index (κ2) is 12.6. The van der Waals surface area contributed by atoms with Gasteiger partial charge in [0.25, 0.3) is 0 Å². The molecular formula is C48H36N2Si. The van der Waals surface area contributed by atoms with Crippen LogP contribution in [0.1, 0.15) is 0 Å². The van der Waals surface area contributed by atoms with Crippen molar-refractivity contribution in [1.82, 2.24) is 9.97 Å². The van der Waals surface area contributed by atoms with Crippen LogP contribution in [0.15, 0.2) is 182 Å². The summed E-state index contributed by atoms with van der Waals surface area (Å²) >= 11 is 0. The number of nitrogens with zero attached hydrogens (tertiary/aromatic N) is 2. The number of fused-ring (bicyclic) bond motifs is 3. The van der Waals surface area contributed by atoms with Crippen LogP contribution in [0.4, 0.5) is 0 Å². The van der Waals surface area contributed by atoms with E-state index in [9.17, 15) is 0 Å². The van der Waals surface area contributed by atoms with Crippen LogP contribution in [0.5, 0.6) is 0 Å². The van der Waals surface area contributed by atoms with Gasteiger partial charge in [0.05, 0.1) is 11.4 Å². The monoisotopic (exact) mass is 668 g/mol. The van der Waals surface area contributed by atoms with E-state index in [0.29, 0.717) is 0 Å². The van der Waals surface area contributed by atoms with Gasteiger partial charge in [0.1, 0.15) is 8.07 Å². The summed E-state index contributed by atoms with van der Waals surface area (Å²) in [7, 11) is -2.15. The fourth-order valence-corrected chi connectivity index (χ4v) is 10.9. The minimum absolute atomic E-state index is 0.748. The van der Waals surface area contributed by atoms with Gasteiger partial charge in [-0.1, -0.05) is 165 Å². The van der Waals surface area contributed by atoms with E-state index in [1.54, 1.807) is 0 Å². The lowest BCUT2D eigenvalue weighted by Gasteiger charge is -2.22. The molecule has 51 heavy (non-hydrogen) atoms. The lowest BCUT2D eigenvalue weighted by Crippen LogP contribution is -2.50. The maximum atomic E-state index is 5.56. The van der Waals surface area contributed by atoms with Crippen molar-refractivity contribution in [1.29, 1.82) is 0 Å². The van der Waals surface area contributed by atoms with Crippen LogP contribution in [-0.4, -0.2) is 18.0 Å². The lowest BCUT2D eigenvalue weighted by atomic mass is 9.94. The van der Waals surface area contributed by atoms with Crippen molar-refractivity contribution in [3.05, 3.63) is 182 Å². The Labute approximate surface area is 300 Å². The molecule has 0 atom stereocenters. The van der Waals surface area contributed by atoms with Crippen LogP contribution < -0.4 is 10.4 Å². The number of hydrogen-bond donors (Lipinski definition) is 0. The maximum absolute atomic E-state index is 5.56. The van der Waals surface area contributed by atoms with Gasteiger partial charge in [0.2, 0.25) is 0 Å². The van der Waals surface area contributed by atoms with Gasteiger partial charge in [-0.2, -0.15) is 0 Å². The van der Waals surface area contributed by atoms with E-state index >= 15 is 0 Å². The van der Waals surface area contributed by atoms with E-state index < -0.39 is 8.07 Å². The molecule has 0 N–H and O–H groups in total. The zero-order valence-corrected chi connectivity index (χ0v) is 29.7. The van der Waals surface area contributed by atoms with Crippen LogP contribution >= 0.6 is 0 Å². The average Bonchev–Trinajstić information content (AvgIpc) is 3.44. The predicted octanol–water partition coefficient (Wildman–Crippen LogP) is 11.3. The smallest absolute Gasteiger partial charge is 0.160 e. The molecule has 8 aromatic rings. The summed E-state index contributed by atoms with van der Waals surface area (Å²) in [6.45, 7) is 4.90. The van der Waals surface area contributed by atoms with Gasteiger partial charge in [-0.05, 0) is 90.8 Å². The normalized spacial score (nSPS) is 12.7. The second-order valence-electron chi connectivity index (χ2n) is 13.8. The fourth-order valence-electron chi connectivity index (χ4n) is 7.66. The summed E-state index contributed by atoms with van der Waals surface area (Å²) < 4.78 is 0. The van der Waals surface area contributed by atoms with Crippen LogP contribution in [0.25, 0.3) is 78.4 Å². The fraction of sp³-hybridized carbons (Fsp3) is 0.0417.